The van der Waals surface area contributed by atoms with E-state index in [9.17, 15) is 4.79 Å². The van der Waals surface area contributed by atoms with E-state index in [4.69, 9.17) is 10.5 Å². The van der Waals surface area contributed by atoms with Crippen molar-refractivity contribution in [1.82, 2.24) is 5.32 Å². The molecule has 5 heteroatoms. The van der Waals surface area contributed by atoms with Crippen molar-refractivity contribution < 1.29 is 9.53 Å². The van der Waals surface area contributed by atoms with Crippen molar-refractivity contribution in [2.24, 2.45) is 5.73 Å². The predicted octanol–water partition coefficient (Wildman–Crippen LogP) is 3.79. The van der Waals surface area contributed by atoms with Crippen molar-refractivity contribution in [2.45, 2.75) is 32.2 Å². The third-order valence-electron chi connectivity index (χ3n) is 3.91. The molecule has 2 aromatic carbocycles. The van der Waals surface area contributed by atoms with Gasteiger partial charge in [0.15, 0.2) is 0 Å². The van der Waals surface area contributed by atoms with Crippen LogP contribution < -0.4 is 15.8 Å². The number of carbonyl (C=O) groups is 1. The van der Waals surface area contributed by atoms with Crippen LogP contribution in [0.25, 0.3) is 11.1 Å². The molecule has 0 aliphatic carbocycles. The van der Waals surface area contributed by atoms with Crippen LogP contribution >= 0.6 is 12.4 Å². The third-order valence-corrected chi connectivity index (χ3v) is 3.91. The summed E-state index contributed by atoms with van der Waals surface area (Å²) in [4.78, 5) is 12.1. The van der Waals surface area contributed by atoms with Crippen molar-refractivity contribution >= 4 is 18.3 Å². The number of nitrogens with two attached hydrogens (primary N) is 1. The highest BCUT2D eigenvalue weighted by molar-refractivity contribution is 5.85. The third kappa shape index (κ3) is 6.07. The lowest BCUT2D eigenvalue weighted by Gasteiger charge is -2.22. The first-order chi connectivity index (χ1) is 11.5. The molecular weight excluding hydrogens is 336 g/mol. The van der Waals surface area contributed by atoms with E-state index < -0.39 is 5.54 Å². The maximum absolute atomic E-state index is 12.1. The summed E-state index contributed by atoms with van der Waals surface area (Å²) in [6.07, 6.45) is 1.54. The molecule has 0 saturated carbocycles. The molecule has 0 fully saturated rings. The number of hydrogen-bond donors (Lipinski definition) is 2. The Balaban J connectivity index is 0.00000312. The maximum Gasteiger partial charge on any atom is 0.239 e. The second-order valence-corrected chi connectivity index (χ2v) is 6.13. The number of benzene rings is 2. The van der Waals surface area contributed by atoms with E-state index in [1.165, 1.54) is 0 Å². The van der Waals surface area contributed by atoms with Crippen LogP contribution in [0, 0.1) is 0 Å². The van der Waals surface area contributed by atoms with Crippen molar-refractivity contribution in [1.29, 1.82) is 0 Å². The van der Waals surface area contributed by atoms with E-state index in [2.05, 4.69) is 17.4 Å². The molecule has 1 atom stereocenters. The summed E-state index contributed by atoms with van der Waals surface area (Å²) in [6, 6.07) is 18.0. The molecule has 0 aliphatic heterocycles. The molecule has 0 heterocycles. The summed E-state index contributed by atoms with van der Waals surface area (Å²) in [7, 11) is 0. The number of hydrogen-bond acceptors (Lipinski definition) is 3. The standard InChI is InChI=1S/C20H26N2O2.ClH/c1-3-13-20(2,21)19(23)22-14-15-24-18-12-8-7-11-17(18)16-9-5-4-6-10-16;/h4-12H,3,13-15,21H2,1-2H3,(H,22,23);1H. The highest BCUT2D eigenvalue weighted by Gasteiger charge is 2.26. The van der Waals surface area contributed by atoms with Gasteiger partial charge < -0.3 is 15.8 Å². The van der Waals surface area contributed by atoms with Gasteiger partial charge in [-0.2, -0.15) is 0 Å². The first-order valence-electron chi connectivity index (χ1n) is 8.39. The van der Waals surface area contributed by atoms with Crippen LogP contribution in [-0.2, 0) is 4.79 Å². The summed E-state index contributed by atoms with van der Waals surface area (Å²) in [6.45, 7) is 4.61. The topological polar surface area (TPSA) is 64.4 Å². The molecule has 0 spiro atoms. The number of amides is 1. The van der Waals surface area contributed by atoms with Crippen molar-refractivity contribution in [2.75, 3.05) is 13.2 Å². The van der Waals surface area contributed by atoms with Gasteiger partial charge >= 0.3 is 0 Å². The molecule has 25 heavy (non-hydrogen) atoms. The first kappa shape index (κ1) is 21.0. The van der Waals surface area contributed by atoms with Crippen LogP contribution in [0.15, 0.2) is 54.6 Å². The van der Waals surface area contributed by atoms with Gasteiger partial charge in [0.25, 0.3) is 0 Å². The normalized spacial score (nSPS) is 12.6. The predicted molar refractivity (Wildman–Crippen MR) is 105 cm³/mol. The smallest absolute Gasteiger partial charge is 0.239 e. The minimum Gasteiger partial charge on any atom is -0.491 e. The summed E-state index contributed by atoms with van der Waals surface area (Å²) in [5.41, 5.74) is 7.34. The van der Waals surface area contributed by atoms with Gasteiger partial charge in [-0.1, -0.05) is 61.9 Å². The quantitative estimate of drug-likeness (QED) is 0.702. The van der Waals surface area contributed by atoms with E-state index >= 15 is 0 Å². The largest absolute Gasteiger partial charge is 0.491 e. The highest BCUT2D eigenvalue weighted by Crippen LogP contribution is 2.29. The SMILES string of the molecule is CCCC(C)(N)C(=O)NCCOc1ccccc1-c1ccccc1.Cl. The number of nitrogens with one attached hydrogen (secondary N) is 1. The zero-order valence-corrected chi connectivity index (χ0v) is 15.6. The second kappa shape index (κ2) is 10.1. The Labute approximate surface area is 156 Å². The summed E-state index contributed by atoms with van der Waals surface area (Å²) in [5.74, 6) is 0.673. The van der Waals surface area contributed by atoms with Gasteiger partial charge in [0.2, 0.25) is 5.91 Å². The van der Waals surface area contributed by atoms with Crippen LogP contribution in [0.3, 0.4) is 0 Å². The Morgan fingerprint density at radius 2 is 1.76 bits per heavy atom. The minimum absolute atomic E-state index is 0. The number of ether oxygens (including phenoxy) is 1. The van der Waals surface area contributed by atoms with Crippen LogP contribution in [-0.4, -0.2) is 24.6 Å². The molecule has 3 N–H and O–H groups in total. The summed E-state index contributed by atoms with van der Waals surface area (Å²) < 4.78 is 5.86. The number of rotatable bonds is 8. The zero-order chi connectivity index (χ0) is 17.4. The monoisotopic (exact) mass is 362 g/mol. The van der Waals surface area contributed by atoms with Crippen LogP contribution in [0.5, 0.6) is 5.75 Å². The molecule has 2 aromatic rings. The molecule has 0 aromatic heterocycles. The van der Waals surface area contributed by atoms with Gasteiger partial charge in [-0.25, -0.2) is 0 Å². The minimum atomic E-state index is -0.823. The van der Waals surface area contributed by atoms with Gasteiger partial charge in [-0.3, -0.25) is 4.79 Å². The Morgan fingerprint density at radius 1 is 1.12 bits per heavy atom. The first-order valence-corrected chi connectivity index (χ1v) is 8.39. The Morgan fingerprint density at radius 3 is 2.44 bits per heavy atom. The fourth-order valence-electron chi connectivity index (χ4n) is 2.61. The Hall–Kier alpha value is -2.04. The lowest BCUT2D eigenvalue weighted by molar-refractivity contribution is -0.126. The molecule has 1 unspecified atom stereocenters. The lowest BCUT2D eigenvalue weighted by atomic mass is 9.97. The molecule has 0 radical (unpaired) electrons. The van der Waals surface area contributed by atoms with E-state index in [0.29, 0.717) is 19.6 Å². The van der Waals surface area contributed by atoms with Gasteiger partial charge in [0, 0.05) is 5.56 Å². The molecule has 2 rings (SSSR count). The maximum atomic E-state index is 12.1. The molecule has 1 amide bonds. The van der Waals surface area contributed by atoms with Crippen LogP contribution in [0.4, 0.5) is 0 Å². The van der Waals surface area contributed by atoms with E-state index in [0.717, 1.165) is 23.3 Å². The molecule has 0 saturated heterocycles. The Bertz CT molecular complexity index is 660. The van der Waals surface area contributed by atoms with Gasteiger partial charge in [-0.05, 0) is 25.0 Å². The van der Waals surface area contributed by atoms with Gasteiger partial charge in [0.1, 0.15) is 12.4 Å². The number of halogens is 1. The molecule has 0 aliphatic rings. The van der Waals surface area contributed by atoms with Crippen molar-refractivity contribution in [3.63, 3.8) is 0 Å². The molecule has 136 valence electrons. The van der Waals surface area contributed by atoms with Crippen LogP contribution in [0.1, 0.15) is 26.7 Å². The van der Waals surface area contributed by atoms with Crippen molar-refractivity contribution in [3.8, 4) is 16.9 Å². The second-order valence-electron chi connectivity index (χ2n) is 6.13. The summed E-state index contributed by atoms with van der Waals surface area (Å²) in [5, 5.41) is 2.85. The number of carbonyl (C=O) groups excluding carboxylic acids is 1. The zero-order valence-electron chi connectivity index (χ0n) is 14.8. The summed E-state index contributed by atoms with van der Waals surface area (Å²) >= 11 is 0. The molecular formula is C20H27ClN2O2. The van der Waals surface area contributed by atoms with E-state index in [1.54, 1.807) is 6.92 Å². The number of para-hydroxylation sites is 1. The van der Waals surface area contributed by atoms with Crippen LogP contribution in [0.2, 0.25) is 0 Å². The average molecular weight is 363 g/mol. The fourth-order valence-corrected chi connectivity index (χ4v) is 2.61. The van der Waals surface area contributed by atoms with Crippen molar-refractivity contribution in [3.05, 3.63) is 54.6 Å². The van der Waals surface area contributed by atoms with Gasteiger partial charge in [0.05, 0.1) is 12.1 Å². The molecule has 4 nitrogen and oxygen atoms in total. The highest BCUT2D eigenvalue weighted by atomic mass is 35.5. The van der Waals surface area contributed by atoms with E-state index in [-0.39, 0.29) is 18.3 Å². The fraction of sp³-hybridized carbons (Fsp3) is 0.350. The molecule has 0 bridgehead atoms. The van der Waals surface area contributed by atoms with Gasteiger partial charge in [-0.15, -0.1) is 12.4 Å². The lowest BCUT2D eigenvalue weighted by Crippen LogP contribution is -2.52. The van der Waals surface area contributed by atoms with E-state index in [1.807, 2.05) is 49.4 Å². The Kier molecular flexibility index (Phi) is 8.46. The average Bonchev–Trinajstić information content (AvgIpc) is 2.59.